The van der Waals surface area contributed by atoms with Crippen molar-refractivity contribution in [1.82, 2.24) is 5.32 Å². The molecule has 0 aliphatic carbocycles. The number of nitrogens with one attached hydrogen (secondary N) is 1. The molecule has 0 fully saturated rings. The average molecular weight is 370 g/mol. The molecular weight excluding hydrogens is 344 g/mol. The van der Waals surface area contributed by atoms with Crippen molar-refractivity contribution in [1.29, 1.82) is 0 Å². The van der Waals surface area contributed by atoms with E-state index in [9.17, 15) is 13.2 Å². The third kappa shape index (κ3) is 5.81. The second-order valence-electron chi connectivity index (χ2n) is 5.97. The minimum absolute atomic E-state index is 0.0814. The Kier molecular flexibility index (Phi) is 6.92. The van der Waals surface area contributed by atoms with Crippen LogP contribution in [0, 0.1) is 0 Å². The molecule has 0 radical (unpaired) electrons. The van der Waals surface area contributed by atoms with Crippen molar-refractivity contribution in [2.24, 2.45) is 0 Å². The SMILES string of the molecule is CCCCCNC(=O)CCN(c1ccc2c(c1)OCCO2)S(C)(=O)=O. The van der Waals surface area contributed by atoms with Crippen LogP contribution in [0.4, 0.5) is 5.69 Å². The molecule has 7 nitrogen and oxygen atoms in total. The zero-order valence-electron chi connectivity index (χ0n) is 14.8. The minimum Gasteiger partial charge on any atom is -0.486 e. The molecule has 1 aliphatic rings. The molecule has 0 atom stereocenters. The molecule has 0 aromatic heterocycles. The van der Waals surface area contributed by atoms with Gasteiger partial charge in [0, 0.05) is 25.6 Å². The molecule has 8 heteroatoms. The fourth-order valence-electron chi connectivity index (χ4n) is 2.57. The highest BCUT2D eigenvalue weighted by molar-refractivity contribution is 7.92. The molecule has 0 saturated carbocycles. The van der Waals surface area contributed by atoms with Crippen LogP contribution in [0.2, 0.25) is 0 Å². The zero-order chi connectivity index (χ0) is 18.3. The van der Waals surface area contributed by atoms with Gasteiger partial charge >= 0.3 is 0 Å². The van der Waals surface area contributed by atoms with Crippen LogP contribution in [0.15, 0.2) is 18.2 Å². The largest absolute Gasteiger partial charge is 0.486 e. The van der Waals surface area contributed by atoms with Crippen molar-refractivity contribution < 1.29 is 22.7 Å². The van der Waals surface area contributed by atoms with Crippen LogP contribution in [-0.4, -0.2) is 46.9 Å². The summed E-state index contributed by atoms with van der Waals surface area (Å²) in [5, 5.41) is 2.82. The van der Waals surface area contributed by atoms with E-state index in [4.69, 9.17) is 9.47 Å². The van der Waals surface area contributed by atoms with Gasteiger partial charge in [-0.1, -0.05) is 19.8 Å². The van der Waals surface area contributed by atoms with Gasteiger partial charge in [-0.15, -0.1) is 0 Å². The predicted octanol–water partition coefficient (Wildman–Crippen LogP) is 1.92. The van der Waals surface area contributed by atoms with Crippen molar-refractivity contribution in [3.8, 4) is 11.5 Å². The molecule has 2 rings (SSSR count). The Hall–Kier alpha value is -1.96. The number of amides is 1. The van der Waals surface area contributed by atoms with E-state index in [1.807, 2.05) is 0 Å². The number of benzene rings is 1. The maximum Gasteiger partial charge on any atom is 0.232 e. The second kappa shape index (κ2) is 8.94. The Morgan fingerprint density at radius 1 is 1.20 bits per heavy atom. The van der Waals surface area contributed by atoms with Crippen LogP contribution in [0.5, 0.6) is 11.5 Å². The van der Waals surface area contributed by atoms with Crippen molar-refractivity contribution in [2.45, 2.75) is 32.6 Å². The van der Waals surface area contributed by atoms with E-state index in [0.717, 1.165) is 25.5 Å². The van der Waals surface area contributed by atoms with Gasteiger partial charge in [-0.3, -0.25) is 9.10 Å². The molecule has 0 saturated heterocycles. The summed E-state index contributed by atoms with van der Waals surface area (Å²) in [4.78, 5) is 11.9. The van der Waals surface area contributed by atoms with Crippen LogP contribution in [0.25, 0.3) is 0 Å². The van der Waals surface area contributed by atoms with Crippen LogP contribution < -0.4 is 19.1 Å². The Morgan fingerprint density at radius 2 is 1.92 bits per heavy atom. The Bertz CT molecular complexity index is 690. The van der Waals surface area contributed by atoms with E-state index in [0.29, 0.717) is 36.9 Å². The van der Waals surface area contributed by atoms with Gasteiger partial charge in [0.05, 0.1) is 11.9 Å². The average Bonchev–Trinajstić information content (AvgIpc) is 2.57. The van der Waals surface area contributed by atoms with Crippen LogP contribution in [-0.2, 0) is 14.8 Å². The van der Waals surface area contributed by atoms with Gasteiger partial charge < -0.3 is 14.8 Å². The van der Waals surface area contributed by atoms with Crippen LogP contribution in [0.1, 0.15) is 32.6 Å². The van der Waals surface area contributed by atoms with Crippen molar-refractivity contribution in [3.63, 3.8) is 0 Å². The number of fused-ring (bicyclic) bond motifs is 1. The summed E-state index contributed by atoms with van der Waals surface area (Å²) in [6, 6.07) is 4.98. The number of rotatable bonds is 9. The first kappa shape index (κ1) is 19.4. The van der Waals surface area contributed by atoms with E-state index < -0.39 is 10.0 Å². The second-order valence-corrected chi connectivity index (χ2v) is 7.88. The number of nitrogens with zero attached hydrogens (tertiary/aromatic N) is 1. The van der Waals surface area contributed by atoms with Gasteiger partial charge in [-0.05, 0) is 18.6 Å². The third-order valence-electron chi connectivity index (χ3n) is 3.86. The smallest absolute Gasteiger partial charge is 0.232 e. The highest BCUT2D eigenvalue weighted by atomic mass is 32.2. The number of sulfonamides is 1. The lowest BCUT2D eigenvalue weighted by Gasteiger charge is -2.25. The number of hydrogen-bond acceptors (Lipinski definition) is 5. The highest BCUT2D eigenvalue weighted by Gasteiger charge is 2.21. The van der Waals surface area contributed by atoms with Crippen LogP contribution >= 0.6 is 0 Å². The molecular formula is C17H26N2O5S. The number of carbonyl (C=O) groups is 1. The molecule has 1 amide bonds. The standard InChI is InChI=1S/C17H26N2O5S/c1-3-4-5-9-18-17(20)8-10-19(25(2,21)22)14-6-7-15-16(13-14)24-12-11-23-15/h6-7,13H,3-5,8-12H2,1-2H3,(H,18,20). The normalized spacial score (nSPS) is 13.4. The molecule has 25 heavy (non-hydrogen) atoms. The number of unbranched alkanes of at least 4 members (excludes halogenated alkanes) is 2. The van der Waals surface area contributed by atoms with E-state index in [1.165, 1.54) is 4.31 Å². The summed E-state index contributed by atoms with van der Waals surface area (Å²) in [5.74, 6) is 0.959. The number of hydrogen-bond donors (Lipinski definition) is 1. The molecule has 1 aromatic carbocycles. The molecule has 1 aromatic rings. The summed E-state index contributed by atoms with van der Waals surface area (Å²) in [7, 11) is -3.51. The summed E-state index contributed by atoms with van der Waals surface area (Å²) in [6.07, 6.45) is 4.31. The van der Waals surface area contributed by atoms with E-state index >= 15 is 0 Å². The van der Waals surface area contributed by atoms with E-state index in [2.05, 4.69) is 12.2 Å². The monoisotopic (exact) mass is 370 g/mol. The van der Waals surface area contributed by atoms with Crippen molar-refractivity contribution in [3.05, 3.63) is 18.2 Å². The Labute approximate surface area is 149 Å². The first-order chi connectivity index (χ1) is 11.9. The maximum atomic E-state index is 12.1. The van der Waals surface area contributed by atoms with Gasteiger partial charge in [-0.2, -0.15) is 0 Å². The van der Waals surface area contributed by atoms with Gasteiger partial charge in [0.25, 0.3) is 0 Å². The number of anilines is 1. The Balaban J connectivity index is 2.01. The third-order valence-corrected chi connectivity index (χ3v) is 5.05. The summed E-state index contributed by atoms with van der Waals surface area (Å²) >= 11 is 0. The molecule has 1 aliphatic heterocycles. The fraction of sp³-hybridized carbons (Fsp3) is 0.588. The molecule has 0 spiro atoms. The summed E-state index contributed by atoms with van der Waals surface area (Å²) in [6.45, 7) is 3.70. The van der Waals surface area contributed by atoms with Crippen molar-refractivity contribution in [2.75, 3.05) is 36.9 Å². The summed E-state index contributed by atoms with van der Waals surface area (Å²) in [5.41, 5.74) is 0.463. The minimum atomic E-state index is -3.51. The topological polar surface area (TPSA) is 84.9 Å². The number of ether oxygens (including phenoxy) is 2. The van der Waals surface area contributed by atoms with Gasteiger partial charge in [0.2, 0.25) is 15.9 Å². The molecule has 1 heterocycles. The van der Waals surface area contributed by atoms with Gasteiger partial charge in [0.1, 0.15) is 13.2 Å². The van der Waals surface area contributed by atoms with E-state index in [-0.39, 0.29) is 18.9 Å². The first-order valence-corrected chi connectivity index (χ1v) is 10.4. The lowest BCUT2D eigenvalue weighted by Crippen LogP contribution is -2.35. The first-order valence-electron chi connectivity index (χ1n) is 8.56. The van der Waals surface area contributed by atoms with Gasteiger partial charge in [0.15, 0.2) is 11.5 Å². The highest BCUT2D eigenvalue weighted by Crippen LogP contribution is 2.34. The molecule has 140 valence electrons. The lowest BCUT2D eigenvalue weighted by atomic mass is 10.2. The van der Waals surface area contributed by atoms with E-state index in [1.54, 1.807) is 18.2 Å². The van der Waals surface area contributed by atoms with Crippen molar-refractivity contribution >= 4 is 21.6 Å². The molecule has 1 N–H and O–H groups in total. The fourth-order valence-corrected chi connectivity index (χ4v) is 3.49. The Morgan fingerprint density at radius 3 is 2.60 bits per heavy atom. The summed E-state index contributed by atoms with van der Waals surface area (Å²) < 4.78 is 36.4. The lowest BCUT2D eigenvalue weighted by molar-refractivity contribution is -0.120. The molecule has 0 unspecified atom stereocenters. The predicted molar refractivity (Wildman–Crippen MR) is 96.8 cm³/mol. The quantitative estimate of drug-likeness (QED) is 0.671. The van der Waals surface area contributed by atoms with Gasteiger partial charge in [-0.25, -0.2) is 8.42 Å². The van der Waals surface area contributed by atoms with Crippen LogP contribution in [0.3, 0.4) is 0 Å². The molecule has 0 bridgehead atoms. The number of carbonyl (C=O) groups excluding carboxylic acids is 1. The zero-order valence-corrected chi connectivity index (χ0v) is 15.6. The maximum absolute atomic E-state index is 12.1.